The number of rotatable bonds is 4. The summed E-state index contributed by atoms with van der Waals surface area (Å²) in [6, 6.07) is 1.88. The second-order valence-electron chi connectivity index (χ2n) is 5.80. The molecule has 1 aliphatic rings. The Morgan fingerprint density at radius 3 is 3.05 bits per heavy atom. The van der Waals surface area contributed by atoms with E-state index in [4.69, 9.17) is 0 Å². The highest BCUT2D eigenvalue weighted by molar-refractivity contribution is 9.10. The highest BCUT2D eigenvalue weighted by atomic mass is 79.9. The van der Waals surface area contributed by atoms with E-state index in [-0.39, 0.29) is 5.91 Å². The van der Waals surface area contributed by atoms with Crippen molar-refractivity contribution >= 4 is 27.7 Å². The molecule has 5 heteroatoms. The maximum absolute atomic E-state index is 12.8. The molecule has 0 saturated carbocycles. The third-order valence-electron chi connectivity index (χ3n) is 3.93. The fraction of sp³-hybridized carbons (Fsp3) is 0.625. The normalized spacial score (nSPS) is 19.2. The number of halogens is 1. The van der Waals surface area contributed by atoms with Gasteiger partial charge in [0.25, 0.3) is 5.91 Å². The molecule has 1 unspecified atom stereocenters. The smallest absolute Gasteiger partial charge is 0.257 e. The van der Waals surface area contributed by atoms with E-state index in [2.05, 4.69) is 40.1 Å². The average Bonchev–Trinajstić information content (AvgIpc) is 2.70. The minimum absolute atomic E-state index is 0.0940. The zero-order valence-corrected chi connectivity index (χ0v) is 14.4. The van der Waals surface area contributed by atoms with E-state index < -0.39 is 0 Å². The quantitative estimate of drug-likeness (QED) is 0.891. The van der Waals surface area contributed by atoms with Crippen LogP contribution in [0.15, 0.2) is 16.7 Å². The van der Waals surface area contributed by atoms with Gasteiger partial charge >= 0.3 is 0 Å². The Morgan fingerprint density at radius 1 is 1.48 bits per heavy atom. The van der Waals surface area contributed by atoms with Crippen LogP contribution in [0.25, 0.3) is 0 Å². The molecule has 1 aliphatic heterocycles. The van der Waals surface area contributed by atoms with Crippen LogP contribution in [0.2, 0.25) is 0 Å². The van der Waals surface area contributed by atoms with Gasteiger partial charge in [0, 0.05) is 30.3 Å². The first-order valence-corrected chi connectivity index (χ1v) is 8.59. The SMILES string of the molecule is CCCNc1ncc(Br)cc1C(=O)N1CCCC(C)CC1. The molecule has 21 heavy (non-hydrogen) atoms. The minimum atomic E-state index is 0.0940. The molecule has 0 spiro atoms. The zero-order valence-electron chi connectivity index (χ0n) is 12.9. The molecule has 1 amide bonds. The maximum atomic E-state index is 12.8. The largest absolute Gasteiger partial charge is 0.369 e. The van der Waals surface area contributed by atoms with Crippen LogP contribution in [0.5, 0.6) is 0 Å². The van der Waals surface area contributed by atoms with Crippen molar-refractivity contribution < 1.29 is 4.79 Å². The molecule has 0 aliphatic carbocycles. The lowest BCUT2D eigenvalue weighted by Gasteiger charge is -2.22. The van der Waals surface area contributed by atoms with Crippen molar-refractivity contribution in [1.82, 2.24) is 9.88 Å². The lowest BCUT2D eigenvalue weighted by molar-refractivity contribution is 0.0761. The topological polar surface area (TPSA) is 45.2 Å². The summed E-state index contributed by atoms with van der Waals surface area (Å²) in [5, 5.41) is 3.26. The van der Waals surface area contributed by atoms with Crippen LogP contribution in [0, 0.1) is 5.92 Å². The molecule has 2 heterocycles. The molecule has 1 aromatic rings. The van der Waals surface area contributed by atoms with Crippen LogP contribution in [-0.4, -0.2) is 35.4 Å². The monoisotopic (exact) mass is 353 g/mol. The van der Waals surface area contributed by atoms with Crippen molar-refractivity contribution in [3.05, 3.63) is 22.3 Å². The number of hydrogen-bond acceptors (Lipinski definition) is 3. The standard InChI is InChI=1S/C16H24BrN3O/c1-3-7-18-15-14(10-13(17)11-19-15)16(21)20-8-4-5-12(2)6-9-20/h10-12H,3-9H2,1-2H3,(H,18,19). The number of aromatic nitrogens is 1. The van der Waals surface area contributed by atoms with E-state index >= 15 is 0 Å². The predicted molar refractivity (Wildman–Crippen MR) is 89.6 cm³/mol. The van der Waals surface area contributed by atoms with Gasteiger partial charge in [0.05, 0.1) is 5.56 Å². The van der Waals surface area contributed by atoms with Crippen LogP contribution in [0.4, 0.5) is 5.82 Å². The second kappa shape index (κ2) is 7.78. The van der Waals surface area contributed by atoms with Gasteiger partial charge in [-0.25, -0.2) is 4.98 Å². The van der Waals surface area contributed by atoms with Crippen molar-refractivity contribution in [1.29, 1.82) is 0 Å². The molecule has 1 aromatic heterocycles. The van der Waals surface area contributed by atoms with Crippen molar-refractivity contribution in [2.45, 2.75) is 39.5 Å². The summed E-state index contributed by atoms with van der Waals surface area (Å²) < 4.78 is 0.844. The number of carbonyl (C=O) groups is 1. The van der Waals surface area contributed by atoms with Crippen LogP contribution >= 0.6 is 15.9 Å². The molecule has 0 aromatic carbocycles. The molecular formula is C16H24BrN3O. The minimum Gasteiger partial charge on any atom is -0.369 e. The van der Waals surface area contributed by atoms with Crippen molar-refractivity contribution in [3.8, 4) is 0 Å². The van der Waals surface area contributed by atoms with Gasteiger partial charge in [-0.1, -0.05) is 13.8 Å². The Bertz CT molecular complexity index is 492. The Kier molecular flexibility index (Phi) is 6.03. The van der Waals surface area contributed by atoms with Gasteiger partial charge < -0.3 is 10.2 Å². The van der Waals surface area contributed by atoms with Gasteiger partial charge in [-0.15, -0.1) is 0 Å². The lowest BCUT2D eigenvalue weighted by atomic mass is 10.0. The first kappa shape index (κ1) is 16.3. The van der Waals surface area contributed by atoms with E-state index in [1.807, 2.05) is 11.0 Å². The van der Waals surface area contributed by atoms with Gasteiger partial charge in [0.15, 0.2) is 0 Å². The number of anilines is 1. The van der Waals surface area contributed by atoms with Crippen molar-refractivity contribution in [3.63, 3.8) is 0 Å². The van der Waals surface area contributed by atoms with Crippen LogP contribution < -0.4 is 5.32 Å². The molecular weight excluding hydrogens is 330 g/mol. The third-order valence-corrected chi connectivity index (χ3v) is 4.36. The third kappa shape index (κ3) is 4.43. The fourth-order valence-corrected chi connectivity index (χ4v) is 2.95. The highest BCUT2D eigenvalue weighted by Gasteiger charge is 2.22. The number of carbonyl (C=O) groups excluding carboxylic acids is 1. The summed E-state index contributed by atoms with van der Waals surface area (Å²) >= 11 is 3.42. The summed E-state index contributed by atoms with van der Waals surface area (Å²) in [6.45, 7) is 6.89. The van der Waals surface area contributed by atoms with Crippen molar-refractivity contribution in [2.75, 3.05) is 25.0 Å². The molecule has 1 fully saturated rings. The van der Waals surface area contributed by atoms with Gasteiger partial charge in [-0.2, -0.15) is 0 Å². The molecule has 0 bridgehead atoms. The summed E-state index contributed by atoms with van der Waals surface area (Å²) in [6.07, 6.45) is 6.13. The molecule has 4 nitrogen and oxygen atoms in total. The Morgan fingerprint density at radius 2 is 2.29 bits per heavy atom. The molecule has 2 rings (SSSR count). The highest BCUT2D eigenvalue weighted by Crippen LogP contribution is 2.23. The van der Waals surface area contributed by atoms with Gasteiger partial charge in [0.1, 0.15) is 5.82 Å². The molecule has 1 saturated heterocycles. The van der Waals surface area contributed by atoms with E-state index in [0.717, 1.165) is 43.4 Å². The second-order valence-corrected chi connectivity index (χ2v) is 6.72. The number of pyridine rings is 1. The van der Waals surface area contributed by atoms with E-state index in [1.165, 1.54) is 6.42 Å². The summed E-state index contributed by atoms with van der Waals surface area (Å²) in [4.78, 5) is 19.2. The maximum Gasteiger partial charge on any atom is 0.257 e. The molecule has 1 atom stereocenters. The number of nitrogens with one attached hydrogen (secondary N) is 1. The van der Waals surface area contributed by atoms with Crippen LogP contribution in [0.3, 0.4) is 0 Å². The molecule has 1 N–H and O–H groups in total. The fourth-order valence-electron chi connectivity index (χ4n) is 2.62. The van der Waals surface area contributed by atoms with E-state index in [9.17, 15) is 4.79 Å². The van der Waals surface area contributed by atoms with E-state index in [1.54, 1.807) is 6.20 Å². The van der Waals surface area contributed by atoms with Crippen LogP contribution in [0.1, 0.15) is 49.9 Å². The van der Waals surface area contributed by atoms with Crippen molar-refractivity contribution in [2.24, 2.45) is 5.92 Å². The van der Waals surface area contributed by atoms with Gasteiger partial charge in [0.2, 0.25) is 0 Å². The van der Waals surface area contributed by atoms with Gasteiger partial charge in [-0.05, 0) is 53.6 Å². The number of likely N-dealkylation sites (tertiary alicyclic amines) is 1. The molecule has 0 radical (unpaired) electrons. The number of amides is 1. The van der Waals surface area contributed by atoms with E-state index in [0.29, 0.717) is 17.3 Å². The summed E-state index contributed by atoms with van der Waals surface area (Å²) in [5.41, 5.74) is 0.673. The first-order chi connectivity index (χ1) is 10.1. The number of hydrogen-bond donors (Lipinski definition) is 1. The first-order valence-electron chi connectivity index (χ1n) is 7.80. The zero-order chi connectivity index (χ0) is 15.2. The number of nitrogens with zero attached hydrogens (tertiary/aromatic N) is 2. The lowest BCUT2D eigenvalue weighted by Crippen LogP contribution is -2.32. The molecule has 116 valence electrons. The Labute approximate surface area is 135 Å². The Hall–Kier alpha value is -1.10. The van der Waals surface area contributed by atoms with Gasteiger partial charge in [-0.3, -0.25) is 4.79 Å². The Balaban J connectivity index is 2.18. The summed E-state index contributed by atoms with van der Waals surface area (Å²) in [5.74, 6) is 1.50. The van der Waals surface area contributed by atoms with Crippen LogP contribution in [-0.2, 0) is 0 Å². The average molecular weight is 354 g/mol. The summed E-state index contributed by atoms with van der Waals surface area (Å²) in [7, 11) is 0. The predicted octanol–water partition coefficient (Wildman–Crippen LogP) is 3.93.